The molecule has 1 N–H and O–H groups in total. The number of carbonyl (C=O) groups is 1. The number of hydrogen-bond donors (Lipinski definition) is 1. The maximum Gasteiger partial charge on any atom is 0.228 e. The molecule has 1 saturated heterocycles. The molecule has 1 fully saturated rings. The molecule has 0 bridgehead atoms. The van der Waals surface area contributed by atoms with Crippen molar-refractivity contribution < 1.29 is 9.53 Å². The molecule has 0 saturated carbocycles. The number of aryl methyl sites for hydroxylation is 1. The highest BCUT2D eigenvalue weighted by atomic mass is 35.5. The van der Waals surface area contributed by atoms with E-state index < -0.39 is 0 Å². The zero-order valence-corrected chi connectivity index (χ0v) is 14.1. The van der Waals surface area contributed by atoms with Crippen LogP contribution in [0.2, 0.25) is 5.02 Å². The van der Waals surface area contributed by atoms with Gasteiger partial charge in [0.05, 0.1) is 29.8 Å². The maximum absolute atomic E-state index is 12.9. The number of hydrogen-bond acceptors (Lipinski definition) is 3. The normalized spacial score (nSPS) is 21.3. The lowest BCUT2D eigenvalue weighted by atomic mass is 9.89. The van der Waals surface area contributed by atoms with Crippen molar-refractivity contribution in [2.24, 2.45) is 13.0 Å². The van der Waals surface area contributed by atoms with Crippen LogP contribution in [-0.2, 0) is 23.1 Å². The molecular formula is C16H21ClN4O2. The number of aromatic amines is 1. The SMILES string of the molecule is CN(Cc1cc(Cl)cn1C)C(=O)[C@@H]1CCCO[C@H]1c1cn[nH]c1. The minimum absolute atomic E-state index is 0.0909. The lowest BCUT2D eigenvalue weighted by molar-refractivity contribution is -0.144. The zero-order chi connectivity index (χ0) is 16.4. The third-order valence-electron chi connectivity index (χ3n) is 4.34. The molecule has 1 aliphatic rings. The number of amides is 1. The second-order valence-electron chi connectivity index (χ2n) is 6.03. The van der Waals surface area contributed by atoms with Crippen molar-refractivity contribution in [2.45, 2.75) is 25.5 Å². The quantitative estimate of drug-likeness (QED) is 0.933. The van der Waals surface area contributed by atoms with E-state index in [0.29, 0.717) is 18.2 Å². The summed E-state index contributed by atoms with van der Waals surface area (Å²) >= 11 is 6.01. The van der Waals surface area contributed by atoms with E-state index in [-0.39, 0.29) is 17.9 Å². The van der Waals surface area contributed by atoms with Crippen molar-refractivity contribution >= 4 is 17.5 Å². The van der Waals surface area contributed by atoms with Gasteiger partial charge in [0.2, 0.25) is 5.91 Å². The van der Waals surface area contributed by atoms with Crippen LogP contribution in [-0.4, -0.2) is 39.2 Å². The first kappa shape index (κ1) is 16.1. The van der Waals surface area contributed by atoms with Crippen molar-refractivity contribution in [3.05, 3.63) is 40.9 Å². The Morgan fingerprint density at radius 3 is 3.09 bits per heavy atom. The van der Waals surface area contributed by atoms with Crippen LogP contribution in [0.1, 0.15) is 30.2 Å². The van der Waals surface area contributed by atoms with Gasteiger partial charge in [-0.25, -0.2) is 0 Å². The third-order valence-corrected chi connectivity index (χ3v) is 4.54. The van der Waals surface area contributed by atoms with E-state index in [9.17, 15) is 4.79 Å². The lowest BCUT2D eigenvalue weighted by Gasteiger charge is -2.33. The molecule has 3 heterocycles. The summed E-state index contributed by atoms with van der Waals surface area (Å²) in [6, 6.07) is 1.89. The molecule has 23 heavy (non-hydrogen) atoms. The fourth-order valence-electron chi connectivity index (χ4n) is 3.11. The molecule has 0 aromatic carbocycles. The highest BCUT2D eigenvalue weighted by molar-refractivity contribution is 6.30. The molecule has 1 amide bonds. The van der Waals surface area contributed by atoms with E-state index in [4.69, 9.17) is 16.3 Å². The van der Waals surface area contributed by atoms with Gasteiger partial charge >= 0.3 is 0 Å². The topological polar surface area (TPSA) is 63.1 Å². The van der Waals surface area contributed by atoms with Crippen LogP contribution in [0.3, 0.4) is 0 Å². The number of carbonyl (C=O) groups excluding carboxylic acids is 1. The second kappa shape index (κ2) is 6.76. The van der Waals surface area contributed by atoms with Crippen LogP contribution in [0.4, 0.5) is 0 Å². The van der Waals surface area contributed by atoms with E-state index in [1.54, 1.807) is 17.3 Å². The Morgan fingerprint density at radius 1 is 1.61 bits per heavy atom. The molecule has 6 nitrogen and oxygen atoms in total. The van der Waals surface area contributed by atoms with Gasteiger partial charge in [-0.2, -0.15) is 5.10 Å². The van der Waals surface area contributed by atoms with E-state index in [1.807, 2.05) is 30.9 Å². The van der Waals surface area contributed by atoms with Gasteiger partial charge in [0.15, 0.2) is 0 Å². The summed E-state index contributed by atoms with van der Waals surface area (Å²) < 4.78 is 7.79. The molecule has 1 aliphatic heterocycles. The summed E-state index contributed by atoms with van der Waals surface area (Å²) in [4.78, 5) is 14.6. The van der Waals surface area contributed by atoms with E-state index in [1.165, 1.54) is 0 Å². The molecule has 3 rings (SSSR count). The summed E-state index contributed by atoms with van der Waals surface area (Å²) in [5.41, 5.74) is 1.93. The third kappa shape index (κ3) is 3.43. The van der Waals surface area contributed by atoms with Gasteiger partial charge in [-0.05, 0) is 18.9 Å². The Labute approximate surface area is 140 Å². The van der Waals surface area contributed by atoms with Crippen molar-refractivity contribution in [1.82, 2.24) is 19.7 Å². The first-order chi connectivity index (χ1) is 11.1. The monoisotopic (exact) mass is 336 g/mol. The van der Waals surface area contributed by atoms with Crippen LogP contribution in [0.5, 0.6) is 0 Å². The summed E-state index contributed by atoms with van der Waals surface area (Å²) in [5, 5.41) is 7.44. The predicted octanol–water partition coefficient (Wildman–Crippen LogP) is 2.53. The number of halogens is 1. The predicted molar refractivity (Wildman–Crippen MR) is 86.9 cm³/mol. The van der Waals surface area contributed by atoms with Crippen molar-refractivity contribution in [3.8, 4) is 0 Å². The average Bonchev–Trinajstić information content (AvgIpc) is 3.17. The smallest absolute Gasteiger partial charge is 0.228 e. The summed E-state index contributed by atoms with van der Waals surface area (Å²) in [5.74, 6) is -0.0877. The molecule has 0 radical (unpaired) electrons. The Bertz CT molecular complexity index is 668. The number of nitrogens with zero attached hydrogens (tertiary/aromatic N) is 3. The van der Waals surface area contributed by atoms with Gasteiger partial charge in [-0.3, -0.25) is 9.89 Å². The van der Waals surface area contributed by atoms with Gasteiger partial charge in [0.25, 0.3) is 0 Å². The van der Waals surface area contributed by atoms with E-state index in [2.05, 4.69) is 10.2 Å². The average molecular weight is 337 g/mol. The molecule has 7 heteroatoms. The number of ether oxygens (including phenoxy) is 1. The molecule has 0 aliphatic carbocycles. The zero-order valence-electron chi connectivity index (χ0n) is 13.3. The first-order valence-electron chi connectivity index (χ1n) is 7.72. The van der Waals surface area contributed by atoms with Crippen molar-refractivity contribution in [1.29, 1.82) is 0 Å². The number of nitrogens with one attached hydrogen (secondary N) is 1. The fourth-order valence-corrected chi connectivity index (χ4v) is 3.38. The van der Waals surface area contributed by atoms with Gasteiger partial charge in [-0.15, -0.1) is 0 Å². The molecule has 0 spiro atoms. The minimum atomic E-state index is -0.227. The second-order valence-corrected chi connectivity index (χ2v) is 6.46. The van der Waals surface area contributed by atoms with E-state index >= 15 is 0 Å². The number of H-pyrrole nitrogens is 1. The highest BCUT2D eigenvalue weighted by Crippen LogP contribution is 2.34. The number of aromatic nitrogens is 3. The Kier molecular flexibility index (Phi) is 4.73. The summed E-state index contributed by atoms with van der Waals surface area (Å²) in [7, 11) is 3.75. The van der Waals surface area contributed by atoms with Crippen molar-refractivity contribution in [2.75, 3.05) is 13.7 Å². The lowest BCUT2D eigenvalue weighted by Crippen LogP contribution is -2.38. The molecule has 124 valence electrons. The summed E-state index contributed by atoms with van der Waals surface area (Å²) in [6.07, 6.45) is 6.87. The highest BCUT2D eigenvalue weighted by Gasteiger charge is 2.35. The maximum atomic E-state index is 12.9. The first-order valence-corrected chi connectivity index (χ1v) is 8.10. The van der Waals surface area contributed by atoms with Crippen LogP contribution < -0.4 is 0 Å². The molecule has 2 aromatic rings. The Hall–Kier alpha value is -1.79. The Balaban J connectivity index is 1.73. The van der Waals surface area contributed by atoms with Gasteiger partial charge in [-0.1, -0.05) is 11.6 Å². The minimum Gasteiger partial charge on any atom is -0.373 e. The Morgan fingerprint density at radius 2 is 2.43 bits per heavy atom. The van der Waals surface area contributed by atoms with Gasteiger partial charge < -0.3 is 14.2 Å². The van der Waals surface area contributed by atoms with Gasteiger partial charge in [0, 0.05) is 44.4 Å². The standard InChI is InChI=1S/C16H21ClN4O2/c1-20-9-12(17)6-13(20)10-21(2)16(22)14-4-3-5-23-15(14)11-7-18-19-8-11/h6-9,14-15H,3-5,10H2,1-2H3,(H,18,19)/t14-,15+/m1/s1. The largest absolute Gasteiger partial charge is 0.373 e. The van der Waals surface area contributed by atoms with Gasteiger partial charge in [0.1, 0.15) is 0 Å². The van der Waals surface area contributed by atoms with Crippen molar-refractivity contribution in [3.63, 3.8) is 0 Å². The van der Waals surface area contributed by atoms with Crippen LogP contribution >= 0.6 is 11.6 Å². The molecule has 2 atom stereocenters. The van der Waals surface area contributed by atoms with Crippen LogP contribution in [0.25, 0.3) is 0 Å². The fraction of sp³-hybridized carbons (Fsp3) is 0.500. The van der Waals surface area contributed by atoms with E-state index in [0.717, 1.165) is 24.1 Å². The van der Waals surface area contributed by atoms with Crippen LogP contribution in [0.15, 0.2) is 24.7 Å². The molecular weight excluding hydrogens is 316 g/mol. The molecule has 2 aromatic heterocycles. The number of rotatable bonds is 4. The summed E-state index contributed by atoms with van der Waals surface area (Å²) in [6.45, 7) is 1.20. The molecule has 0 unspecified atom stereocenters. The van der Waals surface area contributed by atoms with Crippen LogP contribution in [0, 0.1) is 5.92 Å².